The fraction of sp³-hybridized carbons (Fsp3) is 0.583. The van der Waals surface area contributed by atoms with Gasteiger partial charge in [0.2, 0.25) is 0 Å². The summed E-state index contributed by atoms with van der Waals surface area (Å²) in [5.74, 6) is 1.99. The molecular formula is C12H21N5Si2. The highest BCUT2D eigenvalue weighted by Crippen LogP contribution is 2.39. The number of anilines is 1. The number of rotatable bonds is 1. The van der Waals surface area contributed by atoms with Gasteiger partial charge in [-0.15, -0.1) is 0 Å². The van der Waals surface area contributed by atoms with Crippen LogP contribution in [0.1, 0.15) is 0 Å². The van der Waals surface area contributed by atoms with E-state index in [0.717, 1.165) is 11.5 Å². The van der Waals surface area contributed by atoms with E-state index in [1.165, 1.54) is 17.7 Å². The van der Waals surface area contributed by atoms with Crippen LogP contribution < -0.4 is 4.57 Å². The molecule has 1 fully saturated rings. The normalized spacial score (nSPS) is 21.2. The first kappa shape index (κ1) is 12.8. The molecule has 19 heavy (non-hydrogen) atoms. The van der Waals surface area contributed by atoms with Crippen molar-refractivity contribution in [2.45, 2.75) is 31.9 Å². The maximum atomic E-state index is 4.44. The lowest BCUT2D eigenvalue weighted by Crippen LogP contribution is -2.45. The Bertz CT molecular complexity index is 592. The standard InChI is InChI=1S/C12H21N5Si2/c1-16-7-15-11-10(13-6-14-11)12(16)17-8-18(2,3)9-19(17,4)5/h6-7H,8-9H2,1-5H3. The molecule has 0 aromatic heterocycles. The van der Waals surface area contributed by atoms with Crippen molar-refractivity contribution in [2.24, 2.45) is 7.05 Å². The van der Waals surface area contributed by atoms with Gasteiger partial charge in [-0.2, -0.15) is 0 Å². The van der Waals surface area contributed by atoms with Crippen molar-refractivity contribution in [1.82, 2.24) is 19.5 Å². The van der Waals surface area contributed by atoms with E-state index in [1.807, 2.05) is 6.33 Å². The Labute approximate surface area is 116 Å². The molecule has 7 heteroatoms. The third kappa shape index (κ3) is 2.00. The van der Waals surface area contributed by atoms with Gasteiger partial charge in [0.05, 0.1) is 14.4 Å². The van der Waals surface area contributed by atoms with Gasteiger partial charge in [-0.1, -0.05) is 26.2 Å². The van der Waals surface area contributed by atoms with Crippen molar-refractivity contribution in [1.29, 1.82) is 0 Å². The van der Waals surface area contributed by atoms with Crippen molar-refractivity contribution in [2.75, 3.05) is 10.7 Å². The first-order chi connectivity index (χ1) is 8.80. The molecule has 102 valence electrons. The third-order valence-corrected chi connectivity index (χ3v) is 14.6. The van der Waals surface area contributed by atoms with Crippen LogP contribution in [0.25, 0.3) is 11.5 Å². The van der Waals surface area contributed by atoms with Gasteiger partial charge in [-0.25, -0.2) is 15.0 Å². The SMILES string of the molecule is Cn1cnc2ncnc-2c1N1C[Si](C)(C)C[Si]1(C)C. The molecule has 0 aromatic rings. The zero-order valence-electron chi connectivity index (χ0n) is 12.3. The monoisotopic (exact) mass is 291 g/mol. The Balaban J connectivity index is 2.15. The van der Waals surface area contributed by atoms with Crippen LogP contribution in [-0.2, 0) is 7.05 Å². The van der Waals surface area contributed by atoms with Crippen LogP contribution in [0.15, 0.2) is 12.7 Å². The molecule has 0 atom stereocenters. The molecule has 3 heterocycles. The topological polar surface area (TPSA) is 46.8 Å². The summed E-state index contributed by atoms with van der Waals surface area (Å²) in [4.78, 5) is 13.0. The maximum absolute atomic E-state index is 4.44. The van der Waals surface area contributed by atoms with Crippen LogP contribution in [0.3, 0.4) is 0 Å². The molecule has 3 rings (SSSR count). The van der Waals surface area contributed by atoms with Crippen LogP contribution >= 0.6 is 0 Å². The summed E-state index contributed by atoms with van der Waals surface area (Å²) in [7, 11) is -0.431. The molecule has 3 aliphatic heterocycles. The predicted molar refractivity (Wildman–Crippen MR) is 82.5 cm³/mol. The minimum Gasteiger partial charge on any atom is -0.385 e. The smallest absolute Gasteiger partial charge is 0.184 e. The molecular weight excluding hydrogens is 270 g/mol. The highest BCUT2D eigenvalue weighted by Gasteiger charge is 2.47. The second kappa shape index (κ2) is 3.89. The second-order valence-corrected chi connectivity index (χ2v) is 17.2. The summed E-state index contributed by atoms with van der Waals surface area (Å²) < 4.78 is 4.76. The molecule has 0 amide bonds. The van der Waals surface area contributed by atoms with Gasteiger partial charge in [0, 0.05) is 13.2 Å². The van der Waals surface area contributed by atoms with Crippen molar-refractivity contribution >= 4 is 22.1 Å². The summed E-state index contributed by atoms with van der Waals surface area (Å²) in [6, 6.07) is 0. The fourth-order valence-corrected chi connectivity index (χ4v) is 18.9. The summed E-state index contributed by atoms with van der Waals surface area (Å²) >= 11 is 0. The molecule has 1 saturated heterocycles. The predicted octanol–water partition coefficient (Wildman–Crippen LogP) is 2.13. The van der Waals surface area contributed by atoms with E-state index in [0.29, 0.717) is 0 Å². The Morgan fingerprint density at radius 2 is 1.84 bits per heavy atom. The van der Waals surface area contributed by atoms with Gasteiger partial charge in [-0.05, 0) is 5.67 Å². The van der Waals surface area contributed by atoms with Gasteiger partial charge in [0.1, 0.15) is 26.1 Å². The number of hydrogen-bond acceptors (Lipinski definition) is 4. The Morgan fingerprint density at radius 3 is 2.47 bits per heavy atom. The fourth-order valence-electron chi connectivity index (χ4n) is 3.52. The van der Waals surface area contributed by atoms with E-state index in [-0.39, 0.29) is 0 Å². The van der Waals surface area contributed by atoms with Crippen molar-refractivity contribution < 1.29 is 0 Å². The Kier molecular flexibility index (Phi) is 2.62. The summed E-state index contributed by atoms with van der Waals surface area (Å²) in [6.07, 6.45) is 4.71. The molecule has 0 spiro atoms. The Hall–Kier alpha value is -1.22. The summed E-state index contributed by atoms with van der Waals surface area (Å²) in [6.45, 7) is 9.93. The number of aromatic nitrogens is 4. The van der Waals surface area contributed by atoms with E-state index in [4.69, 9.17) is 0 Å². The number of imidazole rings is 1. The lowest BCUT2D eigenvalue weighted by Gasteiger charge is -2.34. The minimum atomic E-state index is -1.39. The van der Waals surface area contributed by atoms with Crippen LogP contribution in [-0.4, -0.2) is 42.0 Å². The maximum Gasteiger partial charge on any atom is 0.184 e. The van der Waals surface area contributed by atoms with Gasteiger partial charge >= 0.3 is 0 Å². The molecule has 0 bridgehead atoms. The average Bonchev–Trinajstić information content (AvgIpc) is 2.80. The van der Waals surface area contributed by atoms with E-state index in [1.54, 1.807) is 6.33 Å². The molecule has 0 saturated carbocycles. The second-order valence-electron chi connectivity index (χ2n) is 6.96. The van der Waals surface area contributed by atoms with Crippen LogP contribution in [0, 0.1) is 0 Å². The Morgan fingerprint density at radius 1 is 1.11 bits per heavy atom. The number of nitrogens with zero attached hydrogens (tertiary/aromatic N) is 5. The van der Waals surface area contributed by atoms with Crippen molar-refractivity contribution in [3.05, 3.63) is 12.7 Å². The van der Waals surface area contributed by atoms with E-state index in [2.05, 4.69) is 57.3 Å². The van der Waals surface area contributed by atoms with Crippen LogP contribution in [0.4, 0.5) is 5.82 Å². The zero-order valence-corrected chi connectivity index (χ0v) is 14.3. The first-order valence-corrected chi connectivity index (χ1v) is 13.3. The molecule has 0 aliphatic carbocycles. The largest absolute Gasteiger partial charge is 0.385 e. The summed E-state index contributed by atoms with van der Waals surface area (Å²) in [5, 5.41) is 0. The van der Waals surface area contributed by atoms with E-state index in [9.17, 15) is 0 Å². The molecule has 0 N–H and O–H groups in total. The molecule has 3 aliphatic rings. The van der Waals surface area contributed by atoms with E-state index >= 15 is 0 Å². The minimum absolute atomic E-state index is 0.768. The number of fused-ring (bicyclic) bond motifs is 1. The molecule has 0 radical (unpaired) electrons. The first-order valence-electron chi connectivity index (χ1n) is 6.70. The van der Waals surface area contributed by atoms with Gasteiger partial charge in [0.25, 0.3) is 0 Å². The zero-order chi connectivity index (χ0) is 13.8. The highest BCUT2D eigenvalue weighted by atomic mass is 28.4. The van der Waals surface area contributed by atoms with E-state index < -0.39 is 16.3 Å². The van der Waals surface area contributed by atoms with Gasteiger partial charge in [0.15, 0.2) is 5.82 Å². The average molecular weight is 292 g/mol. The summed E-state index contributed by atoms with van der Waals surface area (Å²) in [5.41, 5.74) is 2.40. The van der Waals surface area contributed by atoms with Crippen molar-refractivity contribution in [3.63, 3.8) is 0 Å². The lowest BCUT2D eigenvalue weighted by molar-refractivity contribution is 0.843. The van der Waals surface area contributed by atoms with Gasteiger partial charge in [-0.3, -0.25) is 0 Å². The molecule has 5 nitrogen and oxygen atoms in total. The molecule has 0 aromatic carbocycles. The highest BCUT2D eigenvalue weighted by molar-refractivity contribution is 7.02. The third-order valence-electron chi connectivity index (χ3n) is 3.96. The number of aryl methyl sites for hydroxylation is 1. The van der Waals surface area contributed by atoms with Crippen LogP contribution in [0.5, 0.6) is 0 Å². The molecule has 0 unspecified atom stereocenters. The lowest BCUT2D eigenvalue weighted by atomic mass is 10.4. The van der Waals surface area contributed by atoms with Crippen LogP contribution in [0.2, 0.25) is 31.9 Å². The number of hydrogen-bond donors (Lipinski definition) is 0. The quantitative estimate of drug-likeness (QED) is 0.755. The van der Waals surface area contributed by atoms with Gasteiger partial charge < -0.3 is 9.13 Å². The van der Waals surface area contributed by atoms with Crippen molar-refractivity contribution in [3.8, 4) is 11.5 Å².